The van der Waals surface area contributed by atoms with Gasteiger partial charge in [0.15, 0.2) is 0 Å². The minimum atomic E-state index is -0.422. The molecule has 4 nitrogen and oxygen atoms in total. The summed E-state index contributed by atoms with van der Waals surface area (Å²) in [6.45, 7) is 1.09. The molecule has 1 saturated heterocycles. The van der Waals surface area contributed by atoms with Crippen molar-refractivity contribution < 1.29 is 13.9 Å². The molecule has 2 rings (SSSR count). The van der Waals surface area contributed by atoms with E-state index in [4.69, 9.17) is 10.5 Å². The Kier molecular flexibility index (Phi) is 5.25. The third-order valence-electron chi connectivity index (χ3n) is 3.23. The number of ether oxygens (including phenoxy) is 1. The third kappa shape index (κ3) is 3.86. The van der Waals surface area contributed by atoms with Crippen molar-refractivity contribution in [3.05, 3.63) is 30.1 Å². The molecule has 0 aromatic heterocycles. The van der Waals surface area contributed by atoms with Gasteiger partial charge in [-0.1, -0.05) is 0 Å². The minimum Gasteiger partial charge on any atom is -0.487 e. The third-order valence-corrected chi connectivity index (χ3v) is 3.87. The second kappa shape index (κ2) is 6.95. The van der Waals surface area contributed by atoms with Crippen LogP contribution in [0.25, 0.3) is 0 Å². The zero-order valence-corrected chi connectivity index (χ0v) is 12.2. The minimum absolute atomic E-state index is 0.0157. The average Bonchev–Trinajstić information content (AvgIpc) is 2.41. The van der Waals surface area contributed by atoms with Crippen LogP contribution in [0.15, 0.2) is 24.3 Å². The number of likely N-dealkylation sites (tertiary alicyclic amines) is 1. The number of nitrogens with two attached hydrogens (primary N) is 1. The van der Waals surface area contributed by atoms with Gasteiger partial charge in [-0.05, 0) is 42.7 Å². The molecule has 0 radical (unpaired) electrons. The summed E-state index contributed by atoms with van der Waals surface area (Å²) in [7, 11) is 0. The molecule has 1 aromatic carbocycles. The van der Waals surface area contributed by atoms with Crippen LogP contribution in [-0.4, -0.2) is 48.1 Å². The molecule has 1 amide bonds. The normalized spacial score (nSPS) is 16.6. The van der Waals surface area contributed by atoms with Crippen molar-refractivity contribution in [3.8, 4) is 5.75 Å². The molecule has 1 aliphatic rings. The molecule has 1 heterocycles. The SMILES string of the molecule is CSCC[C@H](N)C(=O)N1CC(Oc2ccc(F)cc2)C1. The maximum Gasteiger partial charge on any atom is 0.239 e. The lowest BCUT2D eigenvalue weighted by molar-refractivity contribution is -0.141. The lowest BCUT2D eigenvalue weighted by Crippen LogP contribution is -2.59. The van der Waals surface area contributed by atoms with E-state index >= 15 is 0 Å². The van der Waals surface area contributed by atoms with Crippen LogP contribution < -0.4 is 10.5 Å². The Bertz CT molecular complexity index is 449. The highest BCUT2D eigenvalue weighted by Crippen LogP contribution is 2.19. The van der Waals surface area contributed by atoms with E-state index in [0.29, 0.717) is 25.3 Å². The Morgan fingerprint density at radius 1 is 1.50 bits per heavy atom. The fraction of sp³-hybridized carbons (Fsp3) is 0.500. The maximum absolute atomic E-state index is 12.8. The molecule has 2 N–H and O–H groups in total. The van der Waals surface area contributed by atoms with Gasteiger partial charge in [0.1, 0.15) is 17.7 Å². The summed E-state index contributed by atoms with van der Waals surface area (Å²) in [5.41, 5.74) is 5.84. The molecule has 0 aliphatic carbocycles. The number of amides is 1. The second-order valence-corrected chi connectivity index (χ2v) is 5.81. The second-order valence-electron chi connectivity index (χ2n) is 4.82. The first-order valence-corrected chi connectivity index (χ1v) is 7.95. The van der Waals surface area contributed by atoms with E-state index in [1.54, 1.807) is 28.8 Å². The summed E-state index contributed by atoms with van der Waals surface area (Å²) in [6, 6.07) is 5.47. The molecule has 0 saturated carbocycles. The van der Waals surface area contributed by atoms with Gasteiger partial charge in [0.2, 0.25) is 5.91 Å². The van der Waals surface area contributed by atoms with Crippen LogP contribution in [0.5, 0.6) is 5.75 Å². The van der Waals surface area contributed by atoms with Crippen LogP contribution >= 0.6 is 11.8 Å². The number of halogens is 1. The molecule has 1 aliphatic heterocycles. The Morgan fingerprint density at radius 2 is 2.15 bits per heavy atom. The van der Waals surface area contributed by atoms with Gasteiger partial charge in [-0.25, -0.2) is 4.39 Å². The zero-order chi connectivity index (χ0) is 14.5. The highest BCUT2D eigenvalue weighted by atomic mass is 32.2. The van der Waals surface area contributed by atoms with Gasteiger partial charge >= 0.3 is 0 Å². The van der Waals surface area contributed by atoms with Crippen LogP contribution in [0.4, 0.5) is 4.39 Å². The summed E-state index contributed by atoms with van der Waals surface area (Å²) in [6.07, 6.45) is 2.66. The smallest absolute Gasteiger partial charge is 0.239 e. The number of carbonyl (C=O) groups is 1. The van der Waals surface area contributed by atoms with Crippen LogP contribution in [0.2, 0.25) is 0 Å². The van der Waals surface area contributed by atoms with Gasteiger partial charge in [-0.3, -0.25) is 4.79 Å². The molecule has 0 unspecified atom stereocenters. The van der Waals surface area contributed by atoms with E-state index in [2.05, 4.69) is 0 Å². The predicted molar refractivity (Wildman–Crippen MR) is 78.4 cm³/mol. The topological polar surface area (TPSA) is 55.6 Å². The molecule has 1 atom stereocenters. The van der Waals surface area contributed by atoms with Gasteiger partial charge in [0.05, 0.1) is 19.1 Å². The number of thioether (sulfide) groups is 1. The Hall–Kier alpha value is -1.27. The van der Waals surface area contributed by atoms with Gasteiger partial charge < -0.3 is 15.4 Å². The molecule has 0 bridgehead atoms. The van der Waals surface area contributed by atoms with Crippen molar-refractivity contribution in [2.75, 3.05) is 25.1 Å². The molecule has 0 spiro atoms. The monoisotopic (exact) mass is 298 g/mol. The summed E-state index contributed by atoms with van der Waals surface area (Å²) in [5, 5.41) is 0. The molecule has 110 valence electrons. The van der Waals surface area contributed by atoms with Crippen LogP contribution in [0, 0.1) is 5.82 Å². The Morgan fingerprint density at radius 3 is 2.75 bits per heavy atom. The fourth-order valence-corrected chi connectivity index (χ4v) is 2.49. The lowest BCUT2D eigenvalue weighted by atomic mass is 10.1. The summed E-state index contributed by atoms with van der Waals surface area (Å²) < 4.78 is 18.4. The van der Waals surface area contributed by atoms with E-state index in [9.17, 15) is 9.18 Å². The molecule has 1 aromatic rings. The van der Waals surface area contributed by atoms with E-state index in [1.807, 2.05) is 6.26 Å². The number of rotatable bonds is 6. The quantitative estimate of drug-likeness (QED) is 0.864. The molecule has 1 fully saturated rings. The highest BCUT2D eigenvalue weighted by molar-refractivity contribution is 7.98. The van der Waals surface area contributed by atoms with Crippen LogP contribution in [-0.2, 0) is 4.79 Å². The largest absolute Gasteiger partial charge is 0.487 e. The van der Waals surface area contributed by atoms with Crippen molar-refractivity contribution in [1.82, 2.24) is 4.90 Å². The maximum atomic E-state index is 12.8. The summed E-state index contributed by atoms with van der Waals surface area (Å²) >= 11 is 1.68. The Labute approximate surface area is 122 Å². The van der Waals surface area contributed by atoms with Crippen molar-refractivity contribution in [2.45, 2.75) is 18.6 Å². The van der Waals surface area contributed by atoms with Crippen LogP contribution in [0.1, 0.15) is 6.42 Å². The Balaban J connectivity index is 1.74. The van der Waals surface area contributed by atoms with E-state index in [0.717, 1.165) is 5.75 Å². The molecular formula is C14H19FN2O2S. The van der Waals surface area contributed by atoms with E-state index in [1.165, 1.54) is 12.1 Å². The number of benzene rings is 1. The number of hydrogen-bond acceptors (Lipinski definition) is 4. The first-order chi connectivity index (χ1) is 9.60. The van der Waals surface area contributed by atoms with Crippen molar-refractivity contribution in [3.63, 3.8) is 0 Å². The zero-order valence-electron chi connectivity index (χ0n) is 11.4. The van der Waals surface area contributed by atoms with Gasteiger partial charge in [-0.15, -0.1) is 0 Å². The summed E-state index contributed by atoms with van der Waals surface area (Å²) in [5.74, 6) is 1.20. The standard InChI is InChI=1S/C14H19FN2O2S/c1-20-7-6-13(16)14(18)17-8-12(9-17)19-11-4-2-10(15)3-5-11/h2-5,12-13H,6-9,16H2,1H3/t13-/m0/s1. The highest BCUT2D eigenvalue weighted by Gasteiger charge is 2.34. The van der Waals surface area contributed by atoms with Crippen molar-refractivity contribution in [1.29, 1.82) is 0 Å². The van der Waals surface area contributed by atoms with Crippen molar-refractivity contribution in [2.24, 2.45) is 5.73 Å². The summed E-state index contributed by atoms with van der Waals surface area (Å²) in [4.78, 5) is 13.7. The average molecular weight is 298 g/mol. The molecule has 20 heavy (non-hydrogen) atoms. The lowest BCUT2D eigenvalue weighted by Gasteiger charge is -2.40. The van der Waals surface area contributed by atoms with E-state index in [-0.39, 0.29) is 17.8 Å². The fourth-order valence-electron chi connectivity index (χ4n) is 2.00. The number of carbonyl (C=O) groups excluding carboxylic acids is 1. The first kappa shape index (κ1) is 15.1. The first-order valence-electron chi connectivity index (χ1n) is 6.55. The number of hydrogen-bond donors (Lipinski definition) is 1. The van der Waals surface area contributed by atoms with E-state index < -0.39 is 6.04 Å². The number of nitrogens with zero attached hydrogens (tertiary/aromatic N) is 1. The molecule has 6 heteroatoms. The van der Waals surface area contributed by atoms with Gasteiger partial charge in [0.25, 0.3) is 0 Å². The molecular weight excluding hydrogens is 279 g/mol. The predicted octanol–water partition coefficient (Wildman–Crippen LogP) is 1.50. The van der Waals surface area contributed by atoms with Gasteiger partial charge in [-0.2, -0.15) is 11.8 Å². The van der Waals surface area contributed by atoms with Gasteiger partial charge in [0, 0.05) is 0 Å². The van der Waals surface area contributed by atoms with Crippen LogP contribution in [0.3, 0.4) is 0 Å². The van der Waals surface area contributed by atoms with Crippen molar-refractivity contribution >= 4 is 17.7 Å².